The summed E-state index contributed by atoms with van der Waals surface area (Å²) >= 11 is 0. The molecule has 1 fully saturated rings. The van der Waals surface area contributed by atoms with Gasteiger partial charge in [-0.05, 0) is 36.9 Å². The van der Waals surface area contributed by atoms with Gasteiger partial charge < -0.3 is 15.2 Å². The number of benzene rings is 1. The smallest absolute Gasteiger partial charge is 0.251 e. The zero-order valence-corrected chi connectivity index (χ0v) is 15.1. The maximum absolute atomic E-state index is 12.5. The van der Waals surface area contributed by atoms with Gasteiger partial charge in [-0.1, -0.05) is 38.1 Å². The lowest BCUT2D eigenvalue weighted by atomic mass is 9.92. The highest BCUT2D eigenvalue weighted by Gasteiger charge is 2.19. The Bertz CT molecular complexity index is 727. The van der Waals surface area contributed by atoms with Crippen LogP contribution in [-0.4, -0.2) is 35.2 Å². The minimum Gasteiger partial charge on any atom is -0.348 e. The second-order valence-electron chi connectivity index (χ2n) is 7.85. The molecule has 3 rings (SSSR count). The number of hydrogen-bond acceptors (Lipinski definition) is 5. The molecule has 1 saturated heterocycles. The normalized spacial score (nSPS) is 18.1. The third-order valence-electron chi connectivity index (χ3n) is 4.16. The Kier molecular flexibility index (Phi) is 5.18. The van der Waals surface area contributed by atoms with Crippen LogP contribution < -0.4 is 10.6 Å². The average Bonchev–Trinajstić information content (AvgIpc) is 3.02. The first-order chi connectivity index (χ1) is 11.9. The van der Waals surface area contributed by atoms with Crippen LogP contribution in [0.2, 0.25) is 0 Å². The van der Waals surface area contributed by atoms with Crippen molar-refractivity contribution in [2.45, 2.75) is 46.1 Å². The van der Waals surface area contributed by atoms with Gasteiger partial charge in [0.25, 0.3) is 5.91 Å². The predicted octanol–water partition coefficient (Wildman–Crippen LogP) is 2.81. The fourth-order valence-electron chi connectivity index (χ4n) is 2.94. The van der Waals surface area contributed by atoms with Crippen LogP contribution >= 0.6 is 0 Å². The summed E-state index contributed by atoms with van der Waals surface area (Å²) in [6.07, 6.45) is 2.82. The molecule has 6 nitrogen and oxygen atoms in total. The van der Waals surface area contributed by atoms with Gasteiger partial charge in [0.1, 0.15) is 0 Å². The van der Waals surface area contributed by atoms with Crippen molar-refractivity contribution in [3.05, 3.63) is 35.7 Å². The van der Waals surface area contributed by atoms with Crippen LogP contribution in [0.25, 0.3) is 11.4 Å². The number of rotatable bonds is 4. The second-order valence-corrected chi connectivity index (χ2v) is 7.85. The molecule has 0 radical (unpaired) electrons. The highest BCUT2D eigenvalue weighted by Crippen LogP contribution is 2.22. The van der Waals surface area contributed by atoms with E-state index in [1.807, 2.05) is 24.3 Å². The molecule has 25 heavy (non-hydrogen) atoms. The summed E-state index contributed by atoms with van der Waals surface area (Å²) in [5, 5.41) is 10.4. The molecule has 1 amide bonds. The van der Waals surface area contributed by atoms with E-state index in [0.717, 1.165) is 37.9 Å². The van der Waals surface area contributed by atoms with Crippen LogP contribution in [0.4, 0.5) is 0 Å². The number of aromatic nitrogens is 2. The maximum atomic E-state index is 12.5. The second kappa shape index (κ2) is 7.35. The zero-order valence-electron chi connectivity index (χ0n) is 15.1. The molecule has 1 aromatic heterocycles. The molecule has 1 aliphatic rings. The van der Waals surface area contributed by atoms with E-state index in [-0.39, 0.29) is 17.4 Å². The van der Waals surface area contributed by atoms with Crippen molar-refractivity contribution >= 4 is 5.91 Å². The van der Waals surface area contributed by atoms with Crippen molar-refractivity contribution in [2.24, 2.45) is 5.41 Å². The first kappa shape index (κ1) is 17.6. The minimum absolute atomic E-state index is 0.0611. The lowest BCUT2D eigenvalue weighted by Gasteiger charge is -2.23. The summed E-state index contributed by atoms with van der Waals surface area (Å²) in [6.45, 7) is 8.23. The number of piperidine rings is 1. The Hall–Kier alpha value is -2.21. The van der Waals surface area contributed by atoms with Gasteiger partial charge in [-0.15, -0.1) is 0 Å². The third kappa shape index (κ3) is 4.89. The molecule has 1 atom stereocenters. The highest BCUT2D eigenvalue weighted by atomic mass is 16.5. The largest absolute Gasteiger partial charge is 0.348 e. The Morgan fingerprint density at radius 1 is 1.40 bits per heavy atom. The molecule has 1 aliphatic heterocycles. The summed E-state index contributed by atoms with van der Waals surface area (Å²) in [5.74, 6) is 1.08. The molecule has 2 aromatic rings. The fourth-order valence-corrected chi connectivity index (χ4v) is 2.94. The SMILES string of the molecule is CC(C)(C)Cc1nc(-c2cccc(C(=O)N[C@H]3CCCNC3)c2)no1. The first-order valence-corrected chi connectivity index (χ1v) is 8.85. The van der Waals surface area contributed by atoms with Gasteiger partial charge in [0.15, 0.2) is 0 Å². The van der Waals surface area contributed by atoms with Gasteiger partial charge in [-0.25, -0.2) is 0 Å². The maximum Gasteiger partial charge on any atom is 0.251 e. The van der Waals surface area contributed by atoms with Gasteiger partial charge in [0.05, 0.1) is 0 Å². The number of hydrogen-bond donors (Lipinski definition) is 2. The summed E-state index contributed by atoms with van der Waals surface area (Å²) in [6, 6.07) is 7.56. The van der Waals surface area contributed by atoms with Gasteiger partial charge >= 0.3 is 0 Å². The summed E-state index contributed by atoms with van der Waals surface area (Å²) < 4.78 is 5.35. The quantitative estimate of drug-likeness (QED) is 0.893. The molecule has 2 N–H and O–H groups in total. The molecule has 134 valence electrons. The van der Waals surface area contributed by atoms with E-state index in [4.69, 9.17) is 4.52 Å². The average molecular weight is 342 g/mol. The van der Waals surface area contributed by atoms with Crippen LogP contribution in [0.1, 0.15) is 49.9 Å². The first-order valence-electron chi connectivity index (χ1n) is 8.85. The number of nitrogens with zero attached hydrogens (tertiary/aromatic N) is 2. The van der Waals surface area contributed by atoms with Gasteiger partial charge in [-0.3, -0.25) is 4.79 Å². The van der Waals surface area contributed by atoms with E-state index in [0.29, 0.717) is 17.3 Å². The van der Waals surface area contributed by atoms with E-state index in [1.165, 1.54) is 0 Å². The molecule has 1 aromatic carbocycles. The molecule has 0 unspecified atom stereocenters. The van der Waals surface area contributed by atoms with Gasteiger partial charge in [-0.2, -0.15) is 4.98 Å². The van der Waals surface area contributed by atoms with Crippen LogP contribution in [0.5, 0.6) is 0 Å². The van der Waals surface area contributed by atoms with Crippen LogP contribution in [-0.2, 0) is 6.42 Å². The van der Waals surface area contributed by atoms with Crippen molar-refractivity contribution in [2.75, 3.05) is 13.1 Å². The Morgan fingerprint density at radius 2 is 2.24 bits per heavy atom. The van der Waals surface area contributed by atoms with Crippen molar-refractivity contribution in [3.63, 3.8) is 0 Å². The number of amides is 1. The van der Waals surface area contributed by atoms with E-state index in [2.05, 4.69) is 41.5 Å². The lowest BCUT2D eigenvalue weighted by molar-refractivity contribution is 0.0930. The standard InChI is InChI=1S/C19H26N4O2/c1-19(2,3)11-16-22-17(23-25-16)13-6-4-7-14(10-13)18(24)21-15-8-5-9-20-12-15/h4,6-7,10,15,20H,5,8-9,11-12H2,1-3H3,(H,21,24)/t15-/m0/s1. The Labute approximate surface area is 148 Å². The molecule has 0 saturated carbocycles. The number of carbonyl (C=O) groups excluding carboxylic acids is 1. The third-order valence-corrected chi connectivity index (χ3v) is 4.16. The number of carbonyl (C=O) groups is 1. The van der Waals surface area contributed by atoms with Crippen molar-refractivity contribution in [1.29, 1.82) is 0 Å². The monoisotopic (exact) mass is 342 g/mol. The van der Waals surface area contributed by atoms with Crippen LogP contribution in [0.15, 0.2) is 28.8 Å². The molecular weight excluding hydrogens is 316 g/mol. The van der Waals surface area contributed by atoms with E-state index >= 15 is 0 Å². The molecular formula is C19H26N4O2. The van der Waals surface area contributed by atoms with Crippen LogP contribution in [0.3, 0.4) is 0 Å². The summed E-state index contributed by atoms with van der Waals surface area (Å²) in [4.78, 5) is 16.9. The number of nitrogens with one attached hydrogen (secondary N) is 2. The van der Waals surface area contributed by atoms with Gasteiger partial charge in [0, 0.05) is 30.1 Å². The Balaban J connectivity index is 1.71. The lowest BCUT2D eigenvalue weighted by Crippen LogP contribution is -2.45. The van der Waals surface area contributed by atoms with Gasteiger partial charge in [0.2, 0.25) is 11.7 Å². The van der Waals surface area contributed by atoms with E-state index < -0.39 is 0 Å². The van der Waals surface area contributed by atoms with Crippen LogP contribution in [0, 0.1) is 5.41 Å². The summed E-state index contributed by atoms with van der Waals surface area (Å²) in [5.41, 5.74) is 1.49. The van der Waals surface area contributed by atoms with Crippen molar-refractivity contribution < 1.29 is 9.32 Å². The zero-order chi connectivity index (χ0) is 17.9. The van der Waals surface area contributed by atoms with Crippen molar-refractivity contribution in [3.8, 4) is 11.4 Å². The molecule has 6 heteroatoms. The topological polar surface area (TPSA) is 80.0 Å². The Morgan fingerprint density at radius 3 is 2.96 bits per heavy atom. The highest BCUT2D eigenvalue weighted by molar-refractivity contribution is 5.95. The van der Waals surface area contributed by atoms with E-state index in [1.54, 1.807) is 0 Å². The minimum atomic E-state index is -0.0611. The molecule has 0 spiro atoms. The molecule has 2 heterocycles. The predicted molar refractivity (Wildman–Crippen MR) is 96.3 cm³/mol. The fraction of sp³-hybridized carbons (Fsp3) is 0.526. The summed E-state index contributed by atoms with van der Waals surface area (Å²) in [7, 11) is 0. The molecule has 0 bridgehead atoms. The van der Waals surface area contributed by atoms with Crippen molar-refractivity contribution in [1.82, 2.24) is 20.8 Å². The van der Waals surface area contributed by atoms with E-state index in [9.17, 15) is 4.79 Å². The molecule has 0 aliphatic carbocycles.